The molecule has 0 aliphatic carbocycles. The highest BCUT2D eigenvalue weighted by atomic mass is 16.6. The van der Waals surface area contributed by atoms with E-state index in [1.54, 1.807) is 12.1 Å². The smallest absolute Gasteiger partial charge is 0.355 e. The minimum atomic E-state index is -0.502. The van der Waals surface area contributed by atoms with Gasteiger partial charge in [0.2, 0.25) is 0 Å². The molecule has 2 aromatic rings. The number of aromatic amines is 1. The monoisotopic (exact) mass is 265 g/mol. The van der Waals surface area contributed by atoms with Gasteiger partial charge in [-0.15, -0.1) is 0 Å². The Morgan fingerprint density at radius 1 is 1.32 bits per heavy atom. The highest BCUT2D eigenvalue weighted by Crippen LogP contribution is 2.16. The first-order valence-corrected chi connectivity index (χ1v) is 6.09. The van der Waals surface area contributed by atoms with E-state index in [-0.39, 0.29) is 19.2 Å². The predicted molar refractivity (Wildman–Crippen MR) is 66.7 cm³/mol. The van der Waals surface area contributed by atoms with E-state index >= 15 is 0 Å². The largest absolute Gasteiger partial charge is 0.463 e. The summed E-state index contributed by atoms with van der Waals surface area (Å²) in [6.07, 6.45) is 2.64. The van der Waals surface area contributed by atoms with Gasteiger partial charge in [0, 0.05) is 18.6 Å². The fourth-order valence-electron chi connectivity index (χ4n) is 1.60. The number of carbonyl (C=O) groups excluding carboxylic acids is 2. The summed E-state index contributed by atoms with van der Waals surface area (Å²) in [5, 5.41) is 0. The maximum absolute atomic E-state index is 11.6. The van der Waals surface area contributed by atoms with Crippen molar-refractivity contribution in [2.45, 2.75) is 19.8 Å². The number of nitrogens with one attached hydrogen (secondary N) is 1. The topological polar surface area (TPSA) is 81.5 Å². The predicted octanol–water partition coefficient (Wildman–Crippen LogP) is 2.26. The molecule has 1 N–H and O–H groups in total. The highest BCUT2D eigenvalue weighted by Gasteiger charge is 2.12. The van der Waals surface area contributed by atoms with Crippen LogP contribution in [0.4, 0.5) is 0 Å². The SMILES string of the molecule is CCCC(=O)OCCOC(=O)c1cc2occc2[nH]1. The van der Waals surface area contributed by atoms with Crippen LogP contribution in [0, 0.1) is 0 Å². The van der Waals surface area contributed by atoms with Gasteiger partial charge in [0.05, 0.1) is 11.8 Å². The van der Waals surface area contributed by atoms with Gasteiger partial charge in [-0.3, -0.25) is 4.79 Å². The van der Waals surface area contributed by atoms with Crippen LogP contribution in [0.5, 0.6) is 0 Å². The minimum absolute atomic E-state index is 0.0364. The van der Waals surface area contributed by atoms with Crippen molar-refractivity contribution in [3.05, 3.63) is 24.1 Å². The highest BCUT2D eigenvalue weighted by molar-refractivity contribution is 5.93. The van der Waals surface area contributed by atoms with Crippen LogP contribution in [0.3, 0.4) is 0 Å². The molecule has 6 heteroatoms. The van der Waals surface area contributed by atoms with Gasteiger partial charge in [0.1, 0.15) is 18.9 Å². The van der Waals surface area contributed by atoms with Gasteiger partial charge in [0.15, 0.2) is 5.58 Å². The number of rotatable bonds is 6. The van der Waals surface area contributed by atoms with E-state index in [9.17, 15) is 9.59 Å². The van der Waals surface area contributed by atoms with E-state index in [1.165, 1.54) is 6.26 Å². The fourth-order valence-corrected chi connectivity index (χ4v) is 1.60. The lowest BCUT2D eigenvalue weighted by Crippen LogP contribution is -2.14. The van der Waals surface area contributed by atoms with Gasteiger partial charge in [0.25, 0.3) is 0 Å². The van der Waals surface area contributed by atoms with Crippen molar-refractivity contribution in [2.75, 3.05) is 13.2 Å². The Hall–Kier alpha value is -2.24. The number of hydrogen-bond donors (Lipinski definition) is 1. The van der Waals surface area contributed by atoms with Gasteiger partial charge in [-0.25, -0.2) is 4.79 Å². The first-order chi connectivity index (χ1) is 9.20. The van der Waals surface area contributed by atoms with Gasteiger partial charge in [-0.05, 0) is 6.42 Å². The molecule has 2 rings (SSSR count). The third-order valence-corrected chi connectivity index (χ3v) is 2.49. The summed E-state index contributed by atoms with van der Waals surface area (Å²) in [4.78, 5) is 25.6. The second-order valence-corrected chi connectivity index (χ2v) is 3.99. The number of esters is 2. The molecule has 0 spiro atoms. The van der Waals surface area contributed by atoms with E-state index < -0.39 is 5.97 Å². The maximum Gasteiger partial charge on any atom is 0.355 e. The Bertz CT molecular complexity index is 540. The molecule has 2 aromatic heterocycles. The van der Waals surface area contributed by atoms with Crippen molar-refractivity contribution in [1.82, 2.24) is 4.98 Å². The zero-order valence-electron chi connectivity index (χ0n) is 10.6. The van der Waals surface area contributed by atoms with Crippen LogP contribution in [-0.2, 0) is 14.3 Å². The first kappa shape index (κ1) is 13.2. The molecule has 6 nitrogen and oxygen atoms in total. The summed E-state index contributed by atoms with van der Waals surface area (Å²) in [5.41, 5.74) is 1.65. The Labute approximate surface area is 109 Å². The van der Waals surface area contributed by atoms with Crippen LogP contribution in [0.15, 0.2) is 22.8 Å². The quantitative estimate of drug-likeness (QED) is 0.640. The third-order valence-electron chi connectivity index (χ3n) is 2.49. The molecular weight excluding hydrogens is 250 g/mol. The average Bonchev–Trinajstić information content (AvgIpc) is 2.95. The van der Waals surface area contributed by atoms with Crippen LogP contribution < -0.4 is 0 Å². The summed E-state index contributed by atoms with van der Waals surface area (Å²) in [6, 6.07) is 3.29. The molecule has 0 aromatic carbocycles. The first-order valence-electron chi connectivity index (χ1n) is 6.09. The van der Waals surface area contributed by atoms with Crippen LogP contribution >= 0.6 is 0 Å². The number of hydrogen-bond acceptors (Lipinski definition) is 5. The molecule has 2 heterocycles. The summed E-state index contributed by atoms with van der Waals surface area (Å²) >= 11 is 0. The number of H-pyrrole nitrogens is 1. The van der Waals surface area contributed by atoms with Gasteiger partial charge >= 0.3 is 11.9 Å². The number of carbonyl (C=O) groups is 2. The lowest BCUT2D eigenvalue weighted by atomic mass is 10.3. The molecule has 0 aliphatic rings. The van der Waals surface area contributed by atoms with Crippen molar-refractivity contribution >= 4 is 23.0 Å². The molecule has 0 radical (unpaired) electrons. The number of ether oxygens (including phenoxy) is 2. The molecule has 0 saturated carbocycles. The molecule has 0 unspecified atom stereocenters. The van der Waals surface area contributed by atoms with Crippen molar-refractivity contribution in [3.8, 4) is 0 Å². The number of aromatic nitrogens is 1. The summed E-state index contributed by atoms with van der Waals surface area (Å²) < 4.78 is 15.0. The van der Waals surface area contributed by atoms with Crippen LogP contribution in [0.1, 0.15) is 30.3 Å². The second-order valence-electron chi connectivity index (χ2n) is 3.99. The molecule has 0 bridgehead atoms. The van der Waals surface area contributed by atoms with E-state index in [0.717, 1.165) is 11.9 Å². The Morgan fingerprint density at radius 2 is 2.11 bits per heavy atom. The second kappa shape index (κ2) is 6.08. The summed E-state index contributed by atoms with van der Waals surface area (Å²) in [7, 11) is 0. The number of fused-ring (bicyclic) bond motifs is 1. The van der Waals surface area contributed by atoms with E-state index in [2.05, 4.69) is 4.98 Å². The van der Waals surface area contributed by atoms with Gasteiger partial charge < -0.3 is 18.9 Å². The van der Waals surface area contributed by atoms with Crippen LogP contribution in [-0.4, -0.2) is 30.1 Å². The van der Waals surface area contributed by atoms with E-state index in [4.69, 9.17) is 13.9 Å². The molecule has 0 fully saturated rings. The zero-order chi connectivity index (χ0) is 13.7. The van der Waals surface area contributed by atoms with Crippen molar-refractivity contribution in [2.24, 2.45) is 0 Å². The standard InChI is InChI=1S/C13H15NO5/c1-2-3-12(15)18-6-7-19-13(16)10-8-11-9(14-10)4-5-17-11/h4-5,8,14H,2-3,6-7H2,1H3. The lowest BCUT2D eigenvalue weighted by molar-refractivity contribution is -0.144. The average molecular weight is 265 g/mol. The van der Waals surface area contributed by atoms with Gasteiger partial charge in [-0.1, -0.05) is 6.92 Å². The van der Waals surface area contributed by atoms with Crippen molar-refractivity contribution in [1.29, 1.82) is 0 Å². The maximum atomic E-state index is 11.6. The molecule has 0 atom stereocenters. The third kappa shape index (κ3) is 3.37. The van der Waals surface area contributed by atoms with Crippen molar-refractivity contribution < 1.29 is 23.5 Å². The minimum Gasteiger partial charge on any atom is -0.463 e. The molecule has 0 saturated heterocycles. The Balaban J connectivity index is 1.75. The summed E-state index contributed by atoms with van der Waals surface area (Å²) in [5.74, 6) is -0.783. The van der Waals surface area contributed by atoms with Gasteiger partial charge in [-0.2, -0.15) is 0 Å². The van der Waals surface area contributed by atoms with Crippen molar-refractivity contribution in [3.63, 3.8) is 0 Å². The Morgan fingerprint density at radius 3 is 2.84 bits per heavy atom. The number of furan rings is 1. The fraction of sp³-hybridized carbons (Fsp3) is 0.385. The van der Waals surface area contributed by atoms with E-state index in [0.29, 0.717) is 17.7 Å². The molecular formula is C13H15NO5. The Kier molecular flexibility index (Phi) is 4.22. The van der Waals surface area contributed by atoms with Crippen LogP contribution in [0.25, 0.3) is 11.1 Å². The van der Waals surface area contributed by atoms with Crippen LogP contribution in [0.2, 0.25) is 0 Å². The summed E-state index contributed by atoms with van der Waals surface area (Å²) in [6.45, 7) is 2.00. The molecule has 0 aliphatic heterocycles. The molecule has 102 valence electrons. The zero-order valence-corrected chi connectivity index (χ0v) is 10.6. The lowest BCUT2D eigenvalue weighted by Gasteiger charge is -2.04. The molecule has 0 amide bonds. The van der Waals surface area contributed by atoms with E-state index in [1.807, 2.05) is 6.92 Å². The normalized spacial score (nSPS) is 10.6. The molecule has 19 heavy (non-hydrogen) atoms.